The van der Waals surface area contributed by atoms with Crippen molar-refractivity contribution in [3.8, 4) is 0 Å². The van der Waals surface area contributed by atoms with Crippen LogP contribution in [-0.2, 0) is 27.8 Å². The van der Waals surface area contributed by atoms with E-state index in [-0.39, 0.29) is 18.5 Å². The number of carbonyl (C=O) groups excluding carboxylic acids is 2. The van der Waals surface area contributed by atoms with E-state index in [2.05, 4.69) is 0 Å². The maximum atomic E-state index is 12.9. The molecule has 0 radical (unpaired) electrons. The number of nitrogens with zero attached hydrogens (tertiary/aromatic N) is 2. The smallest absolute Gasteiger partial charge is 0.321 e. The first-order valence-electron chi connectivity index (χ1n) is 13.3. The molecule has 0 aliphatic rings. The van der Waals surface area contributed by atoms with E-state index >= 15 is 0 Å². The highest BCUT2D eigenvalue weighted by Crippen LogP contribution is 2.46. The number of rotatable bonds is 20. The lowest BCUT2D eigenvalue weighted by Crippen LogP contribution is -2.23. The molecule has 10 nitrogen and oxygen atoms in total. The normalized spacial score (nSPS) is 11.8. The largest absolute Gasteiger partial charge is 0.361 e. The predicted octanol–water partition coefficient (Wildman–Crippen LogP) is 4.74. The van der Waals surface area contributed by atoms with Crippen molar-refractivity contribution < 1.29 is 37.6 Å². The third-order valence-electron chi connectivity index (χ3n) is 6.17. The van der Waals surface area contributed by atoms with E-state index in [1.165, 1.54) is 17.0 Å². The van der Waals surface area contributed by atoms with Gasteiger partial charge in [0.25, 0.3) is 0 Å². The molecule has 2 N–H and O–H groups in total. The van der Waals surface area contributed by atoms with Crippen molar-refractivity contribution in [2.75, 3.05) is 36.1 Å². The van der Waals surface area contributed by atoms with E-state index in [0.29, 0.717) is 24.1 Å². The van der Waals surface area contributed by atoms with E-state index in [0.717, 1.165) is 63.5 Å². The minimum Gasteiger partial charge on any atom is -0.321 e. The number of hydrogen-bond acceptors (Lipinski definition) is 6. The lowest BCUT2D eigenvalue weighted by Gasteiger charge is -2.20. The Morgan fingerprint density at radius 3 is 1.33 bits per heavy atom. The zero-order chi connectivity index (χ0) is 28.7. The fourth-order valence-electron chi connectivity index (χ4n) is 4.12. The highest BCUT2D eigenvalue weighted by molar-refractivity contribution is 7.62. The summed E-state index contributed by atoms with van der Waals surface area (Å²) in [5.74, 6) is 0. The first-order chi connectivity index (χ1) is 18.7. The van der Waals surface area contributed by atoms with Crippen LogP contribution in [0.25, 0.3) is 0 Å². The van der Waals surface area contributed by atoms with Gasteiger partial charge in [-0.25, -0.2) is 0 Å². The van der Waals surface area contributed by atoms with Crippen LogP contribution < -0.4 is 20.4 Å². The molecule has 0 aromatic heterocycles. The molecule has 216 valence electrons. The number of hydrogen-bond donors (Lipinski definition) is 2. The molecule has 39 heavy (non-hydrogen) atoms. The van der Waals surface area contributed by atoms with E-state index < -0.39 is 15.2 Å². The fourth-order valence-corrected chi connectivity index (χ4v) is 6.23. The van der Waals surface area contributed by atoms with Crippen LogP contribution in [0.15, 0.2) is 48.5 Å². The summed E-state index contributed by atoms with van der Waals surface area (Å²) in [5, 5.41) is 0.396. The first-order valence-corrected chi connectivity index (χ1v) is 16.4. The first kappa shape index (κ1) is 32.9. The second-order valence-electron chi connectivity index (χ2n) is 8.98. The van der Waals surface area contributed by atoms with Gasteiger partial charge >= 0.3 is 15.2 Å². The van der Waals surface area contributed by atoms with E-state index in [4.69, 9.17) is 9.05 Å². The number of unbranched alkanes of at least 4 members (excludes halogenated alkanes) is 6. The van der Waals surface area contributed by atoms with E-state index in [9.17, 15) is 28.5 Å². The molecule has 12 heteroatoms. The Morgan fingerprint density at radius 1 is 0.641 bits per heavy atom. The van der Waals surface area contributed by atoms with Gasteiger partial charge in [-0.3, -0.25) is 18.7 Å². The molecule has 0 aliphatic heterocycles. The standard InChI is InChI=1S/C27H40N2O8P2/c1-3-36-39(35,37-4-2)27-18-14-25(15-19-27)29(23-31)21-11-9-7-5-6-8-10-20-28(22-30)24-12-16-26(17-13-24)38(32,33)34/h12-19,22-23H,3-11,20-21H2,1-2H3,(H2,32,33,34). The van der Waals surface area contributed by atoms with Crippen LogP contribution in [0.3, 0.4) is 0 Å². The molecule has 2 aromatic carbocycles. The Hall–Kier alpha value is -2.32. The third-order valence-corrected chi connectivity index (χ3v) is 9.26. The maximum absolute atomic E-state index is 12.9. The van der Waals surface area contributed by atoms with Crippen molar-refractivity contribution in [1.29, 1.82) is 0 Å². The summed E-state index contributed by atoms with van der Waals surface area (Å²) >= 11 is 0. The molecule has 0 unspecified atom stereocenters. The zero-order valence-electron chi connectivity index (χ0n) is 22.7. The number of carbonyl (C=O) groups is 2. The molecule has 0 heterocycles. The SMILES string of the molecule is CCOP(=O)(OCC)c1ccc(N(C=O)CCCCCCCCCN(C=O)c2ccc(P(=O)(O)O)cc2)cc1. The third kappa shape index (κ3) is 10.6. The van der Waals surface area contributed by atoms with Gasteiger partial charge in [0.15, 0.2) is 0 Å². The van der Waals surface area contributed by atoms with Crippen molar-refractivity contribution in [3.63, 3.8) is 0 Å². The van der Waals surface area contributed by atoms with Crippen LogP contribution in [0, 0.1) is 0 Å². The van der Waals surface area contributed by atoms with Crippen LogP contribution in [0.2, 0.25) is 0 Å². The summed E-state index contributed by atoms with van der Waals surface area (Å²) in [6.45, 7) is 5.20. The number of benzene rings is 2. The molecule has 0 bridgehead atoms. The highest BCUT2D eigenvalue weighted by atomic mass is 31.2. The van der Waals surface area contributed by atoms with Gasteiger partial charge in [-0.05, 0) is 75.2 Å². The zero-order valence-corrected chi connectivity index (χ0v) is 24.5. The second-order valence-corrected chi connectivity index (χ2v) is 12.6. The molecule has 2 aromatic rings. The van der Waals surface area contributed by atoms with Gasteiger partial charge in [-0.15, -0.1) is 0 Å². The summed E-state index contributed by atoms with van der Waals surface area (Å²) in [6, 6.07) is 12.6. The molecule has 0 spiro atoms. The van der Waals surface area contributed by atoms with E-state index in [1.807, 2.05) is 0 Å². The van der Waals surface area contributed by atoms with Gasteiger partial charge in [0.1, 0.15) is 0 Å². The minimum absolute atomic E-state index is 0.0715. The van der Waals surface area contributed by atoms with Crippen LogP contribution >= 0.6 is 15.2 Å². The van der Waals surface area contributed by atoms with Gasteiger partial charge in [0.05, 0.1) is 23.8 Å². The van der Waals surface area contributed by atoms with Crippen LogP contribution in [0.4, 0.5) is 11.4 Å². The summed E-state index contributed by atoms with van der Waals surface area (Å²) in [4.78, 5) is 44.7. The number of anilines is 2. The molecular weight excluding hydrogens is 542 g/mol. The molecule has 2 amide bonds. The van der Waals surface area contributed by atoms with Crippen LogP contribution in [-0.4, -0.2) is 48.9 Å². The predicted molar refractivity (Wildman–Crippen MR) is 154 cm³/mol. The molecule has 2 rings (SSSR count). The van der Waals surface area contributed by atoms with Crippen molar-refractivity contribution in [2.45, 2.75) is 58.8 Å². The molecule has 0 saturated heterocycles. The average Bonchev–Trinajstić information content (AvgIpc) is 2.92. The Balaban J connectivity index is 1.67. The van der Waals surface area contributed by atoms with Crippen LogP contribution in [0.1, 0.15) is 58.8 Å². The average molecular weight is 583 g/mol. The molecule has 0 aliphatic carbocycles. The van der Waals surface area contributed by atoms with Crippen molar-refractivity contribution in [2.24, 2.45) is 0 Å². The molecule has 0 saturated carbocycles. The Morgan fingerprint density at radius 2 is 1.00 bits per heavy atom. The molecule has 0 atom stereocenters. The van der Waals surface area contributed by atoms with Crippen molar-refractivity contribution in [1.82, 2.24) is 0 Å². The lowest BCUT2D eigenvalue weighted by molar-refractivity contribution is -0.108. The summed E-state index contributed by atoms with van der Waals surface area (Å²) in [7, 11) is -7.65. The maximum Gasteiger partial charge on any atom is 0.361 e. The summed E-state index contributed by atoms with van der Waals surface area (Å²) in [6.07, 6.45) is 8.30. The van der Waals surface area contributed by atoms with E-state index in [1.54, 1.807) is 55.1 Å². The minimum atomic E-state index is -4.30. The van der Waals surface area contributed by atoms with Gasteiger partial charge in [0, 0.05) is 24.5 Å². The van der Waals surface area contributed by atoms with Gasteiger partial charge < -0.3 is 28.6 Å². The summed E-state index contributed by atoms with van der Waals surface area (Å²) < 4.78 is 34.9. The number of amides is 2. The van der Waals surface area contributed by atoms with Crippen molar-refractivity contribution in [3.05, 3.63) is 48.5 Å². The lowest BCUT2D eigenvalue weighted by atomic mass is 10.1. The molecule has 0 fully saturated rings. The Kier molecular flexibility index (Phi) is 14.1. The highest BCUT2D eigenvalue weighted by Gasteiger charge is 2.26. The van der Waals surface area contributed by atoms with Crippen LogP contribution in [0.5, 0.6) is 0 Å². The van der Waals surface area contributed by atoms with Gasteiger partial charge in [0.2, 0.25) is 12.8 Å². The van der Waals surface area contributed by atoms with Gasteiger partial charge in [-0.2, -0.15) is 0 Å². The quantitative estimate of drug-likeness (QED) is 0.130. The second kappa shape index (κ2) is 16.7. The monoisotopic (exact) mass is 582 g/mol. The fraction of sp³-hybridized carbons (Fsp3) is 0.481. The van der Waals surface area contributed by atoms with Crippen molar-refractivity contribution >= 4 is 50.0 Å². The Labute approximate surface area is 231 Å². The van der Waals surface area contributed by atoms with Gasteiger partial charge in [-0.1, -0.05) is 32.1 Å². The summed E-state index contributed by atoms with van der Waals surface area (Å²) in [5.41, 5.74) is 1.33. The Bertz CT molecular complexity index is 1100. The topological polar surface area (TPSA) is 134 Å². The molecular formula is C27H40N2O8P2.